The zero-order valence-corrected chi connectivity index (χ0v) is 14.5. The second-order valence-corrected chi connectivity index (χ2v) is 6.20. The standard InChI is InChI=1S/C18H13ClFN5O/c1-2-13-15-11(8-10(19)9-12(15)20)18(26)25(13)14-4-7-23-17(24-14)16-21-5-3-6-22-16/h3-9,13H,2H2,1H3/t13-/m0/s1. The van der Waals surface area contributed by atoms with Gasteiger partial charge in [-0.3, -0.25) is 9.69 Å². The molecule has 1 aromatic carbocycles. The first-order chi connectivity index (χ1) is 12.6. The highest BCUT2D eigenvalue weighted by atomic mass is 35.5. The van der Waals surface area contributed by atoms with Crippen molar-refractivity contribution in [3.8, 4) is 11.6 Å². The van der Waals surface area contributed by atoms with Gasteiger partial charge in [0.15, 0.2) is 11.6 Å². The molecule has 1 aliphatic rings. The number of nitrogens with zero attached hydrogens (tertiary/aromatic N) is 5. The second kappa shape index (κ2) is 6.42. The summed E-state index contributed by atoms with van der Waals surface area (Å²) in [5.41, 5.74) is 0.607. The molecule has 0 bridgehead atoms. The van der Waals surface area contributed by atoms with Crippen LogP contribution in [0.15, 0.2) is 42.9 Å². The Labute approximate surface area is 153 Å². The molecule has 2 aromatic heterocycles. The predicted octanol–water partition coefficient (Wildman–Crippen LogP) is 3.84. The van der Waals surface area contributed by atoms with Crippen molar-refractivity contribution in [2.75, 3.05) is 4.90 Å². The summed E-state index contributed by atoms with van der Waals surface area (Å²) < 4.78 is 14.5. The highest BCUT2D eigenvalue weighted by Crippen LogP contribution is 2.41. The minimum Gasteiger partial charge on any atom is -0.285 e. The number of benzene rings is 1. The Morgan fingerprint density at radius 1 is 1.15 bits per heavy atom. The number of rotatable bonds is 3. The summed E-state index contributed by atoms with van der Waals surface area (Å²) in [6, 6.07) is 5.55. The van der Waals surface area contributed by atoms with E-state index >= 15 is 0 Å². The van der Waals surface area contributed by atoms with Crippen LogP contribution < -0.4 is 4.90 Å². The van der Waals surface area contributed by atoms with E-state index in [0.29, 0.717) is 29.5 Å². The van der Waals surface area contributed by atoms with Crippen molar-refractivity contribution in [3.63, 3.8) is 0 Å². The molecule has 1 amide bonds. The third kappa shape index (κ3) is 2.61. The maximum Gasteiger partial charge on any atom is 0.260 e. The molecule has 1 aliphatic heterocycles. The zero-order valence-electron chi connectivity index (χ0n) is 13.7. The summed E-state index contributed by atoms with van der Waals surface area (Å²) in [6.45, 7) is 1.89. The molecule has 0 saturated carbocycles. The monoisotopic (exact) mass is 369 g/mol. The summed E-state index contributed by atoms with van der Waals surface area (Å²) in [5.74, 6) is 0.176. The van der Waals surface area contributed by atoms with Crippen LogP contribution in [0.4, 0.5) is 10.2 Å². The fraction of sp³-hybridized carbons (Fsp3) is 0.167. The number of halogens is 2. The van der Waals surface area contributed by atoms with Crippen molar-refractivity contribution in [1.82, 2.24) is 19.9 Å². The van der Waals surface area contributed by atoms with Crippen LogP contribution in [0.5, 0.6) is 0 Å². The van der Waals surface area contributed by atoms with E-state index in [9.17, 15) is 9.18 Å². The fourth-order valence-electron chi connectivity index (χ4n) is 3.16. The van der Waals surface area contributed by atoms with E-state index in [-0.39, 0.29) is 16.5 Å². The average molecular weight is 370 g/mol. The van der Waals surface area contributed by atoms with Crippen LogP contribution in [0.2, 0.25) is 5.02 Å². The Balaban J connectivity index is 1.81. The summed E-state index contributed by atoms with van der Waals surface area (Å²) >= 11 is 5.93. The van der Waals surface area contributed by atoms with Crippen LogP contribution in [-0.2, 0) is 0 Å². The molecule has 0 saturated heterocycles. The number of aromatic nitrogens is 4. The molecule has 6 nitrogen and oxygen atoms in total. The summed E-state index contributed by atoms with van der Waals surface area (Å²) in [4.78, 5) is 31.2. The minimum atomic E-state index is -0.490. The first-order valence-corrected chi connectivity index (χ1v) is 8.41. The lowest BCUT2D eigenvalue weighted by Gasteiger charge is -2.23. The van der Waals surface area contributed by atoms with Crippen LogP contribution >= 0.6 is 11.6 Å². The van der Waals surface area contributed by atoms with Gasteiger partial charge in [-0.25, -0.2) is 24.3 Å². The van der Waals surface area contributed by atoms with E-state index in [0.717, 1.165) is 0 Å². The van der Waals surface area contributed by atoms with Gasteiger partial charge in [0.25, 0.3) is 5.91 Å². The molecular weight excluding hydrogens is 357 g/mol. The van der Waals surface area contributed by atoms with Gasteiger partial charge in [-0.2, -0.15) is 0 Å². The minimum absolute atomic E-state index is 0.187. The van der Waals surface area contributed by atoms with Crippen LogP contribution in [0.1, 0.15) is 35.3 Å². The molecule has 3 heterocycles. The second-order valence-electron chi connectivity index (χ2n) is 5.76. The maximum absolute atomic E-state index is 14.5. The third-order valence-electron chi connectivity index (χ3n) is 4.23. The van der Waals surface area contributed by atoms with E-state index in [2.05, 4.69) is 19.9 Å². The van der Waals surface area contributed by atoms with Crippen molar-refractivity contribution in [2.24, 2.45) is 0 Å². The van der Waals surface area contributed by atoms with E-state index in [1.807, 2.05) is 6.92 Å². The van der Waals surface area contributed by atoms with Crippen LogP contribution in [0, 0.1) is 5.82 Å². The molecule has 4 rings (SSSR count). The number of carbonyl (C=O) groups is 1. The Kier molecular flexibility index (Phi) is 4.08. The van der Waals surface area contributed by atoms with Crippen molar-refractivity contribution in [1.29, 1.82) is 0 Å². The van der Waals surface area contributed by atoms with Crippen molar-refractivity contribution in [3.05, 3.63) is 64.8 Å². The van der Waals surface area contributed by atoms with Gasteiger partial charge in [0.05, 0.1) is 6.04 Å². The highest BCUT2D eigenvalue weighted by Gasteiger charge is 2.40. The topological polar surface area (TPSA) is 71.9 Å². The van der Waals surface area contributed by atoms with E-state index in [1.165, 1.54) is 23.2 Å². The average Bonchev–Trinajstić information content (AvgIpc) is 2.95. The van der Waals surface area contributed by atoms with Gasteiger partial charge in [-0.15, -0.1) is 0 Å². The molecule has 0 fully saturated rings. The Morgan fingerprint density at radius 3 is 2.62 bits per heavy atom. The van der Waals surface area contributed by atoms with Crippen LogP contribution in [0.3, 0.4) is 0 Å². The third-order valence-corrected chi connectivity index (χ3v) is 4.45. The quantitative estimate of drug-likeness (QED) is 0.701. The molecule has 1 atom stereocenters. The lowest BCUT2D eigenvalue weighted by atomic mass is 10.0. The molecular formula is C18H13ClFN5O. The first-order valence-electron chi connectivity index (χ1n) is 8.03. The van der Waals surface area contributed by atoms with Crippen LogP contribution in [-0.4, -0.2) is 25.8 Å². The van der Waals surface area contributed by atoms with Gasteiger partial charge in [0.1, 0.15) is 11.6 Å². The van der Waals surface area contributed by atoms with Crippen LogP contribution in [0.25, 0.3) is 11.6 Å². The van der Waals surface area contributed by atoms with Gasteiger partial charge >= 0.3 is 0 Å². The Morgan fingerprint density at radius 2 is 1.88 bits per heavy atom. The summed E-state index contributed by atoms with van der Waals surface area (Å²) in [5, 5.41) is 0.187. The normalized spacial score (nSPS) is 16.0. The van der Waals surface area contributed by atoms with E-state index in [1.54, 1.807) is 24.5 Å². The molecule has 8 heteroatoms. The van der Waals surface area contributed by atoms with Gasteiger partial charge in [0.2, 0.25) is 0 Å². The molecule has 130 valence electrons. The number of fused-ring (bicyclic) bond motifs is 1. The smallest absolute Gasteiger partial charge is 0.260 e. The lowest BCUT2D eigenvalue weighted by molar-refractivity contribution is 0.0990. The molecule has 0 radical (unpaired) electrons. The van der Waals surface area contributed by atoms with Crippen molar-refractivity contribution < 1.29 is 9.18 Å². The molecule has 0 unspecified atom stereocenters. The SMILES string of the molecule is CC[C@H]1c2c(F)cc(Cl)cc2C(=O)N1c1ccnc(-c2ncccn2)n1. The van der Waals surface area contributed by atoms with Gasteiger partial charge in [0, 0.05) is 34.7 Å². The molecule has 0 N–H and O–H groups in total. The number of hydrogen-bond acceptors (Lipinski definition) is 5. The predicted molar refractivity (Wildman–Crippen MR) is 94.3 cm³/mol. The largest absolute Gasteiger partial charge is 0.285 e. The Bertz CT molecular complexity index is 998. The molecule has 0 aliphatic carbocycles. The number of carbonyl (C=O) groups excluding carboxylic acids is 1. The van der Waals surface area contributed by atoms with Gasteiger partial charge in [-0.05, 0) is 30.7 Å². The Hall–Kier alpha value is -2.93. The zero-order chi connectivity index (χ0) is 18.3. The number of anilines is 1. The lowest BCUT2D eigenvalue weighted by Crippen LogP contribution is -2.28. The van der Waals surface area contributed by atoms with E-state index in [4.69, 9.17) is 11.6 Å². The van der Waals surface area contributed by atoms with Gasteiger partial charge < -0.3 is 0 Å². The molecule has 3 aromatic rings. The molecule has 26 heavy (non-hydrogen) atoms. The van der Waals surface area contributed by atoms with Crippen molar-refractivity contribution >= 4 is 23.3 Å². The first kappa shape index (κ1) is 16.5. The van der Waals surface area contributed by atoms with Gasteiger partial charge in [-0.1, -0.05) is 18.5 Å². The highest BCUT2D eigenvalue weighted by molar-refractivity contribution is 6.31. The van der Waals surface area contributed by atoms with E-state index < -0.39 is 11.9 Å². The maximum atomic E-state index is 14.5. The van der Waals surface area contributed by atoms with Crippen molar-refractivity contribution in [2.45, 2.75) is 19.4 Å². The number of hydrogen-bond donors (Lipinski definition) is 0. The number of amides is 1. The fourth-order valence-corrected chi connectivity index (χ4v) is 3.36. The summed E-state index contributed by atoms with van der Waals surface area (Å²) in [6.07, 6.45) is 5.22. The summed E-state index contributed by atoms with van der Waals surface area (Å²) in [7, 11) is 0. The molecule has 0 spiro atoms.